The van der Waals surface area contributed by atoms with Crippen molar-refractivity contribution in [1.29, 1.82) is 0 Å². The summed E-state index contributed by atoms with van der Waals surface area (Å²) in [6, 6.07) is 15.3. The van der Waals surface area contributed by atoms with Crippen molar-refractivity contribution in [2.24, 2.45) is 0 Å². The molecule has 4 atom stereocenters. The van der Waals surface area contributed by atoms with E-state index in [0.29, 0.717) is 44.0 Å². The number of benzene rings is 2. The molecule has 2 aliphatic heterocycles. The third-order valence-corrected chi connectivity index (χ3v) is 11.2. The number of carbonyl (C=O) groups excluding carboxylic acids is 4. The Morgan fingerprint density at radius 2 is 1.44 bits per heavy atom. The van der Waals surface area contributed by atoms with Gasteiger partial charge in [-0.05, 0) is 67.2 Å². The molecule has 1 aliphatic carbocycles. The monoisotopic (exact) mass is 707 g/mol. The highest BCUT2D eigenvalue weighted by atomic mass is 32.2. The fourth-order valence-electron chi connectivity index (χ4n) is 7.01. The summed E-state index contributed by atoms with van der Waals surface area (Å²) in [6.45, 7) is 1.13. The molecule has 2 saturated heterocycles. The Labute approximate surface area is 297 Å². The summed E-state index contributed by atoms with van der Waals surface area (Å²) < 4.78 is 5.50. The van der Waals surface area contributed by atoms with Crippen LogP contribution in [0.25, 0.3) is 11.1 Å². The molecule has 2 heterocycles. The van der Waals surface area contributed by atoms with Gasteiger partial charge in [-0.1, -0.05) is 61.4 Å². The van der Waals surface area contributed by atoms with Gasteiger partial charge in [0.25, 0.3) is 0 Å². The van der Waals surface area contributed by atoms with Gasteiger partial charge in [-0.25, -0.2) is 14.4 Å². The Morgan fingerprint density at radius 1 is 0.820 bits per heavy atom. The lowest BCUT2D eigenvalue weighted by atomic mass is 9.98. The van der Waals surface area contributed by atoms with E-state index in [-0.39, 0.29) is 48.9 Å². The number of amides is 5. The van der Waals surface area contributed by atoms with E-state index in [1.54, 1.807) is 0 Å². The van der Waals surface area contributed by atoms with Gasteiger partial charge in [-0.15, -0.1) is 0 Å². The lowest BCUT2D eigenvalue weighted by Gasteiger charge is -2.17. The summed E-state index contributed by atoms with van der Waals surface area (Å²) >= 11 is 1.89. The number of hydrogen-bond acceptors (Lipinski definition) is 7. The molecule has 0 unspecified atom stereocenters. The van der Waals surface area contributed by atoms with Crippen molar-refractivity contribution in [1.82, 2.24) is 26.6 Å². The number of nitrogens with one attached hydrogen (secondary N) is 5. The van der Waals surface area contributed by atoms with Crippen LogP contribution in [0.1, 0.15) is 87.7 Å². The highest BCUT2D eigenvalue weighted by molar-refractivity contribution is 8.00. The van der Waals surface area contributed by atoms with Gasteiger partial charge in [0.15, 0.2) is 0 Å². The van der Waals surface area contributed by atoms with Crippen molar-refractivity contribution in [2.75, 3.05) is 25.4 Å². The number of carboxylic acid groups (broad SMARTS) is 1. The number of thioether (sulfide) groups is 1. The van der Waals surface area contributed by atoms with Gasteiger partial charge in [-0.3, -0.25) is 9.59 Å². The number of rotatable bonds is 20. The number of hydrogen-bond donors (Lipinski definition) is 6. The maximum atomic E-state index is 12.6. The smallest absolute Gasteiger partial charge is 0.407 e. The Morgan fingerprint density at radius 3 is 2.10 bits per heavy atom. The van der Waals surface area contributed by atoms with Crippen LogP contribution in [0.2, 0.25) is 0 Å². The van der Waals surface area contributed by atoms with Gasteiger partial charge in [0, 0.05) is 42.9 Å². The lowest BCUT2D eigenvalue weighted by molar-refractivity contribution is -0.139. The molecule has 0 radical (unpaired) electrons. The molecule has 2 aromatic rings. The molecule has 2 fully saturated rings. The fraction of sp³-hybridized carbons (Fsp3) is 0.541. The average Bonchev–Trinajstić information content (AvgIpc) is 3.77. The number of urea groups is 1. The van der Waals surface area contributed by atoms with E-state index in [4.69, 9.17) is 4.74 Å². The second-order valence-electron chi connectivity index (χ2n) is 13.2. The second kappa shape index (κ2) is 18.7. The van der Waals surface area contributed by atoms with E-state index in [2.05, 4.69) is 26.6 Å². The van der Waals surface area contributed by atoms with Crippen LogP contribution in [0, 0.1) is 0 Å². The summed E-state index contributed by atoms with van der Waals surface area (Å²) in [6.07, 6.45) is 6.58. The zero-order valence-corrected chi connectivity index (χ0v) is 29.2. The second-order valence-corrected chi connectivity index (χ2v) is 14.5. The van der Waals surface area contributed by atoms with Crippen LogP contribution in [0.15, 0.2) is 48.5 Å². The van der Waals surface area contributed by atoms with E-state index in [1.165, 1.54) is 0 Å². The molecular weight excluding hydrogens is 659 g/mol. The zero-order valence-electron chi connectivity index (χ0n) is 28.4. The number of unbranched alkanes of at least 4 members (excludes halogenated alkanes) is 4. The highest BCUT2D eigenvalue weighted by Crippen LogP contribution is 2.44. The minimum atomic E-state index is -1.13. The van der Waals surface area contributed by atoms with E-state index in [1.807, 2.05) is 60.3 Å². The van der Waals surface area contributed by atoms with Crippen LogP contribution in [-0.2, 0) is 19.1 Å². The van der Waals surface area contributed by atoms with Crippen LogP contribution in [0.3, 0.4) is 0 Å². The summed E-state index contributed by atoms with van der Waals surface area (Å²) in [5.74, 6) is -0.304. The SMILES string of the molecule is O=C(CCCCCNC(=O)CCCC[C@@H]1SC[C@@H]2NC(=O)N[C@H]21)NCCCC[C@H](NC(=O)OCC1c2ccccc2-c2ccccc21)C(=O)O. The van der Waals surface area contributed by atoms with Gasteiger partial charge in [0.05, 0.1) is 12.1 Å². The molecule has 270 valence electrons. The number of carboxylic acids is 1. The van der Waals surface area contributed by atoms with Crippen molar-refractivity contribution in [2.45, 2.75) is 99.9 Å². The van der Waals surface area contributed by atoms with Gasteiger partial charge in [0.2, 0.25) is 11.8 Å². The largest absolute Gasteiger partial charge is 0.480 e. The van der Waals surface area contributed by atoms with Gasteiger partial charge < -0.3 is 36.4 Å². The summed E-state index contributed by atoms with van der Waals surface area (Å²) in [7, 11) is 0. The molecule has 0 saturated carbocycles. The van der Waals surface area contributed by atoms with Crippen molar-refractivity contribution in [3.63, 3.8) is 0 Å². The van der Waals surface area contributed by atoms with E-state index in [0.717, 1.165) is 66.5 Å². The van der Waals surface area contributed by atoms with Crippen molar-refractivity contribution in [3.8, 4) is 11.1 Å². The lowest BCUT2D eigenvalue weighted by Crippen LogP contribution is -2.41. The van der Waals surface area contributed by atoms with E-state index >= 15 is 0 Å². The number of ether oxygens (including phenoxy) is 1. The topological polar surface area (TPSA) is 175 Å². The predicted octanol–water partition coefficient (Wildman–Crippen LogP) is 4.67. The van der Waals surface area contributed by atoms with Gasteiger partial charge >= 0.3 is 18.1 Å². The molecule has 13 heteroatoms. The maximum absolute atomic E-state index is 12.6. The molecule has 2 aromatic carbocycles. The van der Waals surface area contributed by atoms with Crippen molar-refractivity contribution >= 4 is 41.7 Å². The Balaban J connectivity index is 0.854. The first-order chi connectivity index (χ1) is 24.3. The quantitative estimate of drug-likeness (QED) is 0.0851. The summed E-state index contributed by atoms with van der Waals surface area (Å²) in [5.41, 5.74) is 4.39. The first-order valence-electron chi connectivity index (χ1n) is 17.9. The van der Waals surface area contributed by atoms with Crippen LogP contribution in [0.4, 0.5) is 9.59 Å². The molecule has 12 nitrogen and oxygen atoms in total. The average molecular weight is 708 g/mol. The first-order valence-corrected chi connectivity index (χ1v) is 18.9. The molecule has 5 rings (SSSR count). The number of carbonyl (C=O) groups is 5. The third-order valence-electron chi connectivity index (χ3n) is 9.66. The van der Waals surface area contributed by atoms with Crippen LogP contribution in [0.5, 0.6) is 0 Å². The maximum Gasteiger partial charge on any atom is 0.407 e. The normalized spacial score (nSPS) is 19.4. The Bertz CT molecular complexity index is 1460. The van der Waals surface area contributed by atoms with E-state index in [9.17, 15) is 29.1 Å². The summed E-state index contributed by atoms with van der Waals surface area (Å²) in [5, 5.41) is 24.3. The number of aliphatic carboxylic acids is 1. The van der Waals surface area contributed by atoms with Crippen molar-refractivity contribution in [3.05, 3.63) is 59.7 Å². The fourth-order valence-corrected chi connectivity index (χ4v) is 8.55. The third kappa shape index (κ3) is 10.4. The Kier molecular flexibility index (Phi) is 13.8. The summed E-state index contributed by atoms with van der Waals surface area (Å²) in [4.78, 5) is 60.2. The molecule has 3 aliphatic rings. The van der Waals surface area contributed by atoms with E-state index < -0.39 is 18.1 Å². The van der Waals surface area contributed by atoms with Crippen LogP contribution < -0.4 is 26.6 Å². The van der Waals surface area contributed by atoms with Gasteiger partial charge in [0.1, 0.15) is 12.6 Å². The molecule has 0 aromatic heterocycles. The molecule has 6 N–H and O–H groups in total. The van der Waals surface area contributed by atoms with Crippen LogP contribution >= 0.6 is 11.8 Å². The highest BCUT2D eigenvalue weighted by Gasteiger charge is 2.42. The van der Waals surface area contributed by atoms with Crippen LogP contribution in [-0.4, -0.2) is 83.8 Å². The minimum Gasteiger partial charge on any atom is -0.480 e. The first kappa shape index (κ1) is 37.0. The number of fused-ring (bicyclic) bond motifs is 4. The Hall–Kier alpha value is -4.26. The molecule has 0 bridgehead atoms. The number of alkyl carbamates (subject to hydrolysis) is 1. The molecule has 50 heavy (non-hydrogen) atoms. The molecule has 0 spiro atoms. The zero-order chi connectivity index (χ0) is 35.3. The molecule has 5 amide bonds. The predicted molar refractivity (Wildman–Crippen MR) is 192 cm³/mol. The standard InChI is InChI=1S/C37H49N5O7S/c43-32(18-2-1-10-20-38-33(44)19-8-7-17-31-34-30(23-50-31)40-36(47)42-34)39-21-11-9-16-29(35(45)46)41-37(48)49-22-28-26-14-5-3-12-24(26)25-13-4-6-15-27(25)28/h3-6,12-15,28-31,34H,1-2,7-11,16-23H2,(H,38,44)(H,39,43)(H,41,48)(H,45,46)(H2,40,42,47)/t29-,30-,31-,34+/m0/s1. The minimum absolute atomic E-state index is 0.0501. The van der Waals surface area contributed by atoms with Gasteiger partial charge in [-0.2, -0.15) is 11.8 Å². The van der Waals surface area contributed by atoms with Crippen molar-refractivity contribution < 1.29 is 33.8 Å². The molecular formula is C37H49N5O7S.